The van der Waals surface area contributed by atoms with Crippen LogP contribution in [0.1, 0.15) is 11.3 Å². The molecule has 5 heteroatoms. The van der Waals surface area contributed by atoms with Crippen LogP contribution in [0.5, 0.6) is 0 Å². The second-order valence-corrected chi connectivity index (χ2v) is 5.83. The Morgan fingerprint density at radius 3 is 2.41 bits per heavy atom. The highest BCUT2D eigenvalue weighted by molar-refractivity contribution is 5.91. The van der Waals surface area contributed by atoms with E-state index in [-0.39, 0.29) is 0 Å². The van der Waals surface area contributed by atoms with Gasteiger partial charge in [-0.2, -0.15) is 10.4 Å². The molecule has 128 valence electrons. The molecule has 3 aromatic heterocycles. The average Bonchev–Trinajstić information content (AvgIpc) is 3.18. The number of para-hydroxylation sites is 1. The largest absolute Gasteiger partial charge is 0.265 e. The first kappa shape index (κ1) is 16.4. The molecule has 0 saturated carbocycles. The topological polar surface area (TPSA) is 67.4 Å². The highest BCUT2D eigenvalue weighted by atomic mass is 15.3. The predicted octanol–water partition coefficient (Wildman–Crippen LogP) is 4.39. The van der Waals surface area contributed by atoms with Crippen molar-refractivity contribution >= 4 is 11.6 Å². The van der Waals surface area contributed by atoms with E-state index in [9.17, 15) is 5.26 Å². The molecule has 4 aromatic rings. The third-order valence-electron chi connectivity index (χ3n) is 4.08. The molecule has 0 N–H and O–H groups in total. The van der Waals surface area contributed by atoms with Gasteiger partial charge in [0.15, 0.2) is 0 Å². The Labute approximate surface area is 156 Å². The van der Waals surface area contributed by atoms with Gasteiger partial charge in [0.2, 0.25) is 0 Å². The van der Waals surface area contributed by atoms with Gasteiger partial charge in [-0.3, -0.25) is 9.97 Å². The first-order valence-corrected chi connectivity index (χ1v) is 8.44. The monoisotopic (exact) mass is 349 g/mol. The number of hydrogen-bond donors (Lipinski definition) is 0. The lowest BCUT2D eigenvalue weighted by molar-refractivity contribution is 0.884. The van der Waals surface area contributed by atoms with Gasteiger partial charge in [-0.1, -0.05) is 24.3 Å². The molecule has 0 atom stereocenters. The minimum atomic E-state index is 0.485. The maximum Gasteiger partial charge on any atom is 0.101 e. The summed E-state index contributed by atoms with van der Waals surface area (Å²) in [4.78, 5) is 8.36. The van der Waals surface area contributed by atoms with E-state index in [2.05, 4.69) is 16.0 Å². The van der Waals surface area contributed by atoms with Crippen molar-refractivity contribution in [2.45, 2.75) is 0 Å². The molecule has 0 spiro atoms. The number of benzene rings is 1. The summed E-state index contributed by atoms with van der Waals surface area (Å²) < 4.78 is 1.81. The molecular weight excluding hydrogens is 334 g/mol. The van der Waals surface area contributed by atoms with Crippen molar-refractivity contribution in [1.82, 2.24) is 19.7 Å². The fourth-order valence-corrected chi connectivity index (χ4v) is 2.78. The molecule has 3 heterocycles. The number of allylic oxidation sites excluding steroid dienone is 1. The van der Waals surface area contributed by atoms with E-state index in [0.29, 0.717) is 11.3 Å². The number of pyridine rings is 2. The molecule has 0 aliphatic rings. The Bertz CT molecular complexity index is 1110. The van der Waals surface area contributed by atoms with Crippen molar-refractivity contribution < 1.29 is 0 Å². The van der Waals surface area contributed by atoms with Crippen molar-refractivity contribution in [3.05, 3.63) is 96.7 Å². The van der Waals surface area contributed by atoms with E-state index < -0.39 is 0 Å². The Balaban J connectivity index is 1.87. The molecule has 0 unspecified atom stereocenters. The van der Waals surface area contributed by atoms with Gasteiger partial charge in [0.1, 0.15) is 11.8 Å². The summed E-state index contributed by atoms with van der Waals surface area (Å²) in [7, 11) is 0. The van der Waals surface area contributed by atoms with Crippen LogP contribution in [-0.2, 0) is 0 Å². The Morgan fingerprint density at radius 1 is 0.926 bits per heavy atom. The van der Waals surface area contributed by atoms with Crippen LogP contribution in [0.3, 0.4) is 0 Å². The summed E-state index contributed by atoms with van der Waals surface area (Å²) in [6, 6.07) is 21.4. The first-order valence-electron chi connectivity index (χ1n) is 8.44. The number of nitriles is 1. The minimum absolute atomic E-state index is 0.485. The first-order chi connectivity index (χ1) is 13.3. The van der Waals surface area contributed by atoms with Crippen molar-refractivity contribution in [3.63, 3.8) is 0 Å². The lowest BCUT2D eigenvalue weighted by Crippen LogP contribution is -1.93. The molecule has 0 bridgehead atoms. The van der Waals surface area contributed by atoms with E-state index in [1.165, 1.54) is 0 Å². The van der Waals surface area contributed by atoms with Crippen LogP contribution < -0.4 is 0 Å². The van der Waals surface area contributed by atoms with Crippen LogP contribution in [0.4, 0.5) is 0 Å². The van der Waals surface area contributed by atoms with Gasteiger partial charge in [0, 0.05) is 35.9 Å². The maximum atomic E-state index is 9.63. The van der Waals surface area contributed by atoms with Gasteiger partial charge in [0.25, 0.3) is 0 Å². The molecule has 5 nitrogen and oxygen atoms in total. The third-order valence-corrected chi connectivity index (χ3v) is 4.08. The lowest BCUT2D eigenvalue weighted by atomic mass is 10.1. The van der Waals surface area contributed by atoms with Gasteiger partial charge in [-0.05, 0) is 42.5 Å². The average molecular weight is 349 g/mol. The number of hydrogen-bond acceptors (Lipinski definition) is 4. The summed E-state index contributed by atoms with van der Waals surface area (Å²) in [5.74, 6) is 0. The van der Waals surface area contributed by atoms with Crippen molar-refractivity contribution in [2.75, 3.05) is 0 Å². The number of nitrogens with zero attached hydrogens (tertiary/aromatic N) is 5. The van der Waals surface area contributed by atoms with Crippen LogP contribution in [-0.4, -0.2) is 19.7 Å². The second-order valence-electron chi connectivity index (χ2n) is 5.83. The highest BCUT2D eigenvalue weighted by Gasteiger charge is 2.12. The number of rotatable bonds is 4. The smallest absolute Gasteiger partial charge is 0.101 e. The minimum Gasteiger partial charge on any atom is -0.265 e. The quantitative estimate of drug-likeness (QED) is 0.512. The van der Waals surface area contributed by atoms with E-state index >= 15 is 0 Å². The summed E-state index contributed by atoms with van der Waals surface area (Å²) >= 11 is 0. The van der Waals surface area contributed by atoms with Crippen LogP contribution in [0.25, 0.3) is 28.6 Å². The zero-order valence-corrected chi connectivity index (χ0v) is 14.4. The molecule has 0 fully saturated rings. The molecule has 0 amide bonds. The molecule has 0 saturated heterocycles. The second kappa shape index (κ2) is 7.46. The fourth-order valence-electron chi connectivity index (χ4n) is 2.78. The van der Waals surface area contributed by atoms with Gasteiger partial charge in [-0.15, -0.1) is 0 Å². The Kier molecular flexibility index (Phi) is 4.54. The summed E-state index contributed by atoms with van der Waals surface area (Å²) in [5, 5.41) is 14.4. The molecule has 27 heavy (non-hydrogen) atoms. The van der Waals surface area contributed by atoms with Gasteiger partial charge in [0.05, 0.1) is 17.0 Å². The van der Waals surface area contributed by atoms with Crippen molar-refractivity contribution in [1.29, 1.82) is 5.26 Å². The molecule has 4 rings (SSSR count). The molecular formula is C22H15N5. The normalized spacial score (nSPS) is 11.1. The van der Waals surface area contributed by atoms with E-state index in [1.54, 1.807) is 18.6 Å². The maximum absolute atomic E-state index is 9.63. The van der Waals surface area contributed by atoms with Gasteiger partial charge < -0.3 is 0 Å². The standard InChI is InChI=1S/C22H15N5/c23-15-18(21-8-4-5-11-25-21)14-19-16-27(20-6-2-1-3-7-20)26-22(19)17-9-12-24-13-10-17/h1-14,16H. The third kappa shape index (κ3) is 3.51. The van der Waals surface area contributed by atoms with Crippen molar-refractivity contribution in [2.24, 2.45) is 0 Å². The highest BCUT2D eigenvalue weighted by Crippen LogP contribution is 2.27. The Morgan fingerprint density at radius 2 is 1.70 bits per heavy atom. The van der Waals surface area contributed by atoms with Crippen LogP contribution in [0.2, 0.25) is 0 Å². The van der Waals surface area contributed by atoms with Crippen LogP contribution in [0.15, 0.2) is 85.5 Å². The van der Waals surface area contributed by atoms with Gasteiger partial charge >= 0.3 is 0 Å². The molecule has 0 aliphatic carbocycles. The fraction of sp³-hybridized carbons (Fsp3) is 0. The molecule has 0 radical (unpaired) electrons. The van der Waals surface area contributed by atoms with Gasteiger partial charge in [-0.25, -0.2) is 4.68 Å². The summed E-state index contributed by atoms with van der Waals surface area (Å²) in [6.45, 7) is 0. The zero-order valence-electron chi connectivity index (χ0n) is 14.4. The predicted molar refractivity (Wildman–Crippen MR) is 105 cm³/mol. The summed E-state index contributed by atoms with van der Waals surface area (Å²) in [6.07, 6.45) is 8.89. The number of aromatic nitrogens is 4. The molecule has 0 aliphatic heterocycles. The zero-order chi connectivity index (χ0) is 18.5. The van der Waals surface area contributed by atoms with E-state index in [1.807, 2.05) is 77.6 Å². The lowest BCUT2D eigenvalue weighted by Gasteiger charge is -2.00. The van der Waals surface area contributed by atoms with E-state index in [0.717, 1.165) is 22.5 Å². The molecule has 1 aromatic carbocycles. The SMILES string of the molecule is N#CC(=Cc1cn(-c2ccccc2)nc1-c1ccncc1)c1ccccn1. The van der Waals surface area contributed by atoms with Crippen LogP contribution >= 0.6 is 0 Å². The van der Waals surface area contributed by atoms with Crippen LogP contribution in [0, 0.1) is 11.3 Å². The Hall–Kier alpha value is -4.04. The van der Waals surface area contributed by atoms with Crippen molar-refractivity contribution in [3.8, 4) is 23.0 Å². The summed E-state index contributed by atoms with van der Waals surface area (Å²) in [5.41, 5.74) is 4.62. The van der Waals surface area contributed by atoms with E-state index in [4.69, 9.17) is 5.10 Å².